The number of carbonyl (C=O) groups excluding carboxylic acids is 2. The molecule has 0 radical (unpaired) electrons. The number of anilines is 2. The second-order valence-electron chi connectivity index (χ2n) is 7.41. The minimum atomic E-state index is -3.80. The molecule has 11 heteroatoms. The molecule has 3 rings (SSSR count). The molecule has 31 heavy (non-hydrogen) atoms. The van der Waals surface area contributed by atoms with Crippen LogP contribution in [0.15, 0.2) is 33.7 Å². The van der Waals surface area contributed by atoms with Crippen LogP contribution in [0.5, 0.6) is 0 Å². The van der Waals surface area contributed by atoms with Crippen LogP contribution in [-0.2, 0) is 14.8 Å². The summed E-state index contributed by atoms with van der Waals surface area (Å²) >= 11 is 0. The van der Waals surface area contributed by atoms with Crippen LogP contribution in [0.25, 0.3) is 0 Å². The Balaban J connectivity index is 1.68. The molecule has 2 aromatic rings. The van der Waals surface area contributed by atoms with Crippen LogP contribution < -0.4 is 16.0 Å². The lowest BCUT2D eigenvalue weighted by Crippen LogP contribution is -2.43. The summed E-state index contributed by atoms with van der Waals surface area (Å²) in [5.41, 5.74) is 1.36. The first-order valence-corrected chi connectivity index (χ1v) is 11.5. The van der Waals surface area contributed by atoms with E-state index in [1.165, 1.54) is 4.31 Å². The van der Waals surface area contributed by atoms with Crippen molar-refractivity contribution in [3.8, 4) is 0 Å². The molecule has 3 N–H and O–H groups in total. The summed E-state index contributed by atoms with van der Waals surface area (Å²) in [6, 6.07) is 6.45. The van der Waals surface area contributed by atoms with Gasteiger partial charge in [0.1, 0.15) is 10.6 Å². The summed E-state index contributed by atoms with van der Waals surface area (Å²) in [6.45, 7) is 5.87. The van der Waals surface area contributed by atoms with Gasteiger partial charge in [0.25, 0.3) is 0 Å². The highest BCUT2D eigenvalue weighted by Crippen LogP contribution is 2.28. The third kappa shape index (κ3) is 5.23. The van der Waals surface area contributed by atoms with Crippen LogP contribution in [-0.4, -0.2) is 49.5 Å². The van der Waals surface area contributed by atoms with Crippen LogP contribution in [0.2, 0.25) is 0 Å². The van der Waals surface area contributed by atoms with Gasteiger partial charge in [0.2, 0.25) is 15.9 Å². The van der Waals surface area contributed by atoms with E-state index in [-0.39, 0.29) is 29.1 Å². The number of hydrogen-bond donors (Lipinski definition) is 3. The van der Waals surface area contributed by atoms with Crippen molar-refractivity contribution in [2.75, 3.05) is 30.3 Å². The molecule has 0 spiro atoms. The molecule has 168 valence electrons. The van der Waals surface area contributed by atoms with E-state index in [1.54, 1.807) is 38.1 Å². The zero-order chi connectivity index (χ0) is 22.6. The fourth-order valence-electron chi connectivity index (χ4n) is 3.60. The van der Waals surface area contributed by atoms with Gasteiger partial charge in [0.15, 0.2) is 5.76 Å². The Bertz CT molecular complexity index is 1050. The van der Waals surface area contributed by atoms with Gasteiger partial charge in [0, 0.05) is 31.0 Å². The van der Waals surface area contributed by atoms with Crippen molar-refractivity contribution in [2.24, 2.45) is 5.92 Å². The third-order valence-corrected chi connectivity index (χ3v) is 7.16. The van der Waals surface area contributed by atoms with E-state index in [2.05, 4.69) is 21.1 Å². The summed E-state index contributed by atoms with van der Waals surface area (Å²) < 4.78 is 32.5. The Kier molecular flexibility index (Phi) is 6.96. The van der Waals surface area contributed by atoms with Crippen molar-refractivity contribution >= 4 is 33.3 Å². The van der Waals surface area contributed by atoms with Crippen LogP contribution in [0.4, 0.5) is 16.2 Å². The van der Waals surface area contributed by atoms with Crippen LogP contribution in [0.1, 0.15) is 31.2 Å². The third-order valence-electron chi connectivity index (χ3n) is 5.05. The topological polar surface area (TPSA) is 134 Å². The van der Waals surface area contributed by atoms with E-state index in [1.807, 2.05) is 6.92 Å². The van der Waals surface area contributed by atoms with Crippen LogP contribution in [0, 0.1) is 19.8 Å². The van der Waals surface area contributed by atoms with Gasteiger partial charge in [0.05, 0.1) is 5.92 Å². The number of nitrogens with zero attached hydrogens (tertiary/aromatic N) is 2. The molecule has 1 atom stereocenters. The van der Waals surface area contributed by atoms with Gasteiger partial charge in [-0.3, -0.25) is 4.79 Å². The summed E-state index contributed by atoms with van der Waals surface area (Å²) in [5.74, 6) is -0.529. The predicted octanol–water partition coefficient (Wildman–Crippen LogP) is 2.47. The first kappa shape index (κ1) is 22.8. The largest absolute Gasteiger partial charge is 0.360 e. The van der Waals surface area contributed by atoms with Crippen LogP contribution >= 0.6 is 0 Å². The molecular formula is C20H27N5O5S. The van der Waals surface area contributed by atoms with Gasteiger partial charge in [-0.25, -0.2) is 13.2 Å². The Morgan fingerprint density at radius 2 is 1.94 bits per heavy atom. The summed E-state index contributed by atoms with van der Waals surface area (Å²) in [7, 11) is -3.80. The zero-order valence-electron chi connectivity index (χ0n) is 17.8. The van der Waals surface area contributed by atoms with Crippen LogP contribution in [0.3, 0.4) is 0 Å². The van der Waals surface area contributed by atoms with Crippen molar-refractivity contribution in [3.63, 3.8) is 0 Å². The predicted molar refractivity (Wildman–Crippen MR) is 115 cm³/mol. The number of rotatable bonds is 6. The quantitative estimate of drug-likeness (QED) is 0.620. The summed E-state index contributed by atoms with van der Waals surface area (Å²) in [5, 5.41) is 11.9. The van der Waals surface area contributed by atoms with Crippen molar-refractivity contribution in [3.05, 3.63) is 35.7 Å². The normalized spacial score (nSPS) is 17.2. The molecule has 1 aliphatic rings. The monoisotopic (exact) mass is 449 g/mol. The number of amides is 3. The first-order valence-electron chi connectivity index (χ1n) is 10.1. The number of benzene rings is 1. The van der Waals surface area contributed by atoms with Gasteiger partial charge < -0.3 is 20.5 Å². The molecule has 0 aliphatic carbocycles. The number of sulfonamides is 1. The van der Waals surface area contributed by atoms with Crippen molar-refractivity contribution in [2.45, 2.75) is 38.5 Å². The van der Waals surface area contributed by atoms with Gasteiger partial charge in [-0.1, -0.05) is 11.2 Å². The van der Waals surface area contributed by atoms with E-state index in [0.29, 0.717) is 43.0 Å². The van der Waals surface area contributed by atoms with E-state index in [4.69, 9.17) is 4.52 Å². The van der Waals surface area contributed by atoms with Gasteiger partial charge in [-0.15, -0.1) is 0 Å². The Labute approximate surface area is 181 Å². The Morgan fingerprint density at radius 3 is 2.58 bits per heavy atom. The molecule has 0 unspecified atom stereocenters. The number of hydrogen-bond acceptors (Lipinski definition) is 6. The molecule has 10 nitrogen and oxygen atoms in total. The minimum absolute atomic E-state index is 0.0673. The van der Waals surface area contributed by atoms with E-state index in [9.17, 15) is 18.0 Å². The molecule has 1 aromatic heterocycles. The lowest BCUT2D eigenvalue weighted by Gasteiger charge is -2.31. The Morgan fingerprint density at radius 1 is 1.23 bits per heavy atom. The molecule has 0 saturated carbocycles. The number of piperidine rings is 1. The summed E-state index contributed by atoms with van der Waals surface area (Å²) in [6.07, 6.45) is 1.15. The maximum atomic E-state index is 13.1. The van der Waals surface area contributed by atoms with Crippen molar-refractivity contribution < 1.29 is 22.5 Å². The maximum Gasteiger partial charge on any atom is 0.319 e. The molecule has 1 saturated heterocycles. The molecule has 1 aromatic carbocycles. The van der Waals surface area contributed by atoms with Crippen molar-refractivity contribution in [1.29, 1.82) is 0 Å². The maximum absolute atomic E-state index is 13.1. The zero-order valence-corrected chi connectivity index (χ0v) is 18.6. The van der Waals surface area contributed by atoms with E-state index < -0.39 is 15.9 Å². The highest BCUT2D eigenvalue weighted by Gasteiger charge is 2.36. The highest BCUT2D eigenvalue weighted by molar-refractivity contribution is 7.89. The van der Waals surface area contributed by atoms with Gasteiger partial charge in [-0.2, -0.15) is 4.31 Å². The number of carbonyl (C=O) groups is 2. The highest BCUT2D eigenvalue weighted by atomic mass is 32.2. The second-order valence-corrected chi connectivity index (χ2v) is 9.28. The van der Waals surface area contributed by atoms with Gasteiger partial charge >= 0.3 is 6.03 Å². The fraction of sp³-hybridized carbons (Fsp3) is 0.450. The second kappa shape index (κ2) is 9.48. The number of aryl methyl sites for hydroxylation is 2. The fourth-order valence-corrected chi connectivity index (χ4v) is 5.42. The average Bonchev–Trinajstić information content (AvgIpc) is 3.07. The average molecular weight is 450 g/mol. The number of nitrogens with one attached hydrogen (secondary N) is 3. The summed E-state index contributed by atoms with van der Waals surface area (Å²) in [4.78, 5) is 24.6. The smallest absolute Gasteiger partial charge is 0.319 e. The SMILES string of the molecule is CCNC(=O)Nc1cccc(NC(=O)[C@@H]2CCCN(S(=O)(=O)c3c(C)noc3C)C2)c1. The van der Waals surface area contributed by atoms with Gasteiger partial charge in [-0.05, 0) is 51.8 Å². The Hall–Kier alpha value is -2.92. The molecule has 2 heterocycles. The van der Waals surface area contributed by atoms with E-state index >= 15 is 0 Å². The standard InChI is InChI=1S/C20H27N5O5S/c1-4-21-20(27)23-17-9-5-8-16(11-17)22-19(26)15-7-6-10-25(12-15)31(28,29)18-13(2)24-30-14(18)3/h5,8-9,11,15H,4,6-7,10,12H2,1-3H3,(H,22,26)(H2,21,23,27)/t15-/m1/s1. The molecule has 1 fully saturated rings. The van der Waals surface area contributed by atoms with E-state index in [0.717, 1.165) is 0 Å². The molecule has 3 amide bonds. The number of aromatic nitrogens is 1. The molecule has 1 aliphatic heterocycles. The lowest BCUT2D eigenvalue weighted by molar-refractivity contribution is -0.120. The van der Waals surface area contributed by atoms with Crippen molar-refractivity contribution in [1.82, 2.24) is 14.8 Å². The molecular weight excluding hydrogens is 422 g/mol. The lowest BCUT2D eigenvalue weighted by atomic mass is 9.98. The number of urea groups is 1. The minimum Gasteiger partial charge on any atom is -0.360 e. The first-order chi connectivity index (χ1) is 14.7. The molecule has 0 bridgehead atoms.